The lowest BCUT2D eigenvalue weighted by molar-refractivity contribution is -0.126. The number of hydrogen-bond donors (Lipinski definition) is 1. The number of carbonyl (C=O) groups excluding carboxylic acids is 1. The lowest BCUT2D eigenvalue weighted by Gasteiger charge is -2.35. The molecule has 1 amide bonds. The first-order valence-corrected chi connectivity index (χ1v) is 7.69. The van der Waals surface area contributed by atoms with Gasteiger partial charge in [-0.15, -0.1) is 0 Å². The molecular weight excluding hydrogens is 292 g/mol. The second-order valence-electron chi connectivity index (χ2n) is 5.61. The van der Waals surface area contributed by atoms with Crippen LogP contribution in [0.5, 0.6) is 5.75 Å². The lowest BCUT2D eigenvalue weighted by Crippen LogP contribution is -2.48. The van der Waals surface area contributed by atoms with Crippen LogP contribution in [0.15, 0.2) is 46.9 Å². The number of benzene rings is 1. The number of furan rings is 1. The molecule has 0 radical (unpaired) electrons. The van der Waals surface area contributed by atoms with E-state index in [0.717, 1.165) is 24.5 Å². The average Bonchev–Trinajstić information content (AvgIpc) is 2.99. The molecule has 2 aromatic rings. The summed E-state index contributed by atoms with van der Waals surface area (Å²) in [7, 11) is 0. The smallest absolute Gasteiger partial charge is 0.246 e. The third kappa shape index (κ3) is 3.74. The summed E-state index contributed by atoms with van der Waals surface area (Å²) < 4.78 is 5.42. The third-order valence-electron chi connectivity index (χ3n) is 3.96. The molecule has 0 bridgehead atoms. The topological polar surface area (TPSA) is 56.9 Å². The van der Waals surface area contributed by atoms with Crippen LogP contribution in [-0.2, 0) is 4.79 Å². The van der Waals surface area contributed by atoms with Crippen LogP contribution in [0, 0.1) is 6.92 Å². The number of piperazine rings is 1. The number of anilines is 1. The van der Waals surface area contributed by atoms with Gasteiger partial charge in [-0.1, -0.05) is 0 Å². The summed E-state index contributed by atoms with van der Waals surface area (Å²) in [6.07, 6.45) is 3.27. The van der Waals surface area contributed by atoms with E-state index < -0.39 is 0 Å². The fourth-order valence-corrected chi connectivity index (χ4v) is 2.65. The van der Waals surface area contributed by atoms with E-state index in [2.05, 4.69) is 4.90 Å². The molecule has 120 valence electrons. The van der Waals surface area contributed by atoms with Crippen molar-refractivity contribution in [2.45, 2.75) is 6.92 Å². The van der Waals surface area contributed by atoms with Gasteiger partial charge in [-0.2, -0.15) is 0 Å². The Labute approximate surface area is 135 Å². The van der Waals surface area contributed by atoms with Gasteiger partial charge in [0.2, 0.25) is 5.91 Å². The number of phenols is 1. The Morgan fingerprint density at radius 2 is 1.78 bits per heavy atom. The number of carbonyl (C=O) groups is 1. The summed E-state index contributed by atoms with van der Waals surface area (Å²) in [5.41, 5.74) is 1.07. The van der Waals surface area contributed by atoms with Crippen LogP contribution < -0.4 is 4.90 Å². The summed E-state index contributed by atoms with van der Waals surface area (Å²) in [6.45, 7) is 4.80. The molecule has 5 nitrogen and oxygen atoms in total. The van der Waals surface area contributed by atoms with Gasteiger partial charge in [-0.3, -0.25) is 4.79 Å². The Bertz CT molecular complexity index is 695. The molecule has 5 heteroatoms. The Kier molecular flexibility index (Phi) is 4.37. The molecular formula is C18H20N2O3. The number of rotatable bonds is 3. The normalized spacial score (nSPS) is 15.3. The fraction of sp³-hybridized carbons (Fsp3) is 0.278. The SMILES string of the molecule is Cc1ccc(/C=C/C(=O)N2CCN(c3ccc(O)cc3)CC2)o1. The van der Waals surface area contributed by atoms with Gasteiger partial charge in [-0.25, -0.2) is 0 Å². The maximum Gasteiger partial charge on any atom is 0.246 e. The van der Waals surface area contributed by atoms with Gasteiger partial charge in [-0.05, 0) is 49.4 Å². The monoisotopic (exact) mass is 312 g/mol. The number of hydrogen-bond acceptors (Lipinski definition) is 4. The zero-order chi connectivity index (χ0) is 16.2. The van der Waals surface area contributed by atoms with E-state index in [9.17, 15) is 9.90 Å². The van der Waals surface area contributed by atoms with Crippen LogP contribution in [-0.4, -0.2) is 42.1 Å². The first-order chi connectivity index (χ1) is 11.1. The molecule has 1 aliphatic heterocycles. The van der Waals surface area contributed by atoms with Crippen LogP contribution in [0.3, 0.4) is 0 Å². The molecule has 2 heterocycles. The molecule has 1 aromatic heterocycles. The third-order valence-corrected chi connectivity index (χ3v) is 3.96. The summed E-state index contributed by atoms with van der Waals surface area (Å²) in [5.74, 6) is 1.79. The Balaban J connectivity index is 1.55. The number of amides is 1. The minimum Gasteiger partial charge on any atom is -0.508 e. The molecule has 0 atom stereocenters. The Morgan fingerprint density at radius 3 is 2.39 bits per heavy atom. The van der Waals surface area contributed by atoms with Crippen molar-refractivity contribution in [3.63, 3.8) is 0 Å². The molecule has 0 saturated carbocycles. The zero-order valence-corrected chi connectivity index (χ0v) is 13.1. The van der Waals surface area contributed by atoms with Crippen molar-refractivity contribution >= 4 is 17.7 Å². The number of aromatic hydroxyl groups is 1. The molecule has 1 N–H and O–H groups in total. The summed E-state index contributed by atoms with van der Waals surface area (Å²) >= 11 is 0. The van der Waals surface area contributed by atoms with Gasteiger partial charge in [0.25, 0.3) is 0 Å². The van der Waals surface area contributed by atoms with Crippen molar-refractivity contribution < 1.29 is 14.3 Å². The van der Waals surface area contributed by atoms with Crippen molar-refractivity contribution in [3.05, 3.63) is 54.0 Å². The van der Waals surface area contributed by atoms with Crippen LogP contribution >= 0.6 is 0 Å². The highest BCUT2D eigenvalue weighted by atomic mass is 16.3. The predicted molar refractivity (Wildman–Crippen MR) is 89.4 cm³/mol. The number of aryl methyl sites for hydroxylation is 1. The van der Waals surface area contributed by atoms with Gasteiger partial charge in [0.15, 0.2) is 0 Å². The van der Waals surface area contributed by atoms with E-state index in [-0.39, 0.29) is 11.7 Å². The van der Waals surface area contributed by atoms with Gasteiger partial charge in [0.05, 0.1) is 0 Å². The highest BCUT2D eigenvalue weighted by Gasteiger charge is 2.19. The molecule has 3 rings (SSSR count). The Hall–Kier alpha value is -2.69. The molecule has 1 aromatic carbocycles. The van der Waals surface area contributed by atoms with Gasteiger partial charge in [0, 0.05) is 37.9 Å². The van der Waals surface area contributed by atoms with E-state index in [1.165, 1.54) is 0 Å². The fourth-order valence-electron chi connectivity index (χ4n) is 2.65. The summed E-state index contributed by atoms with van der Waals surface area (Å²) in [5, 5.41) is 9.34. The van der Waals surface area contributed by atoms with E-state index in [0.29, 0.717) is 18.8 Å². The molecule has 1 fully saturated rings. The van der Waals surface area contributed by atoms with Crippen molar-refractivity contribution in [3.8, 4) is 5.75 Å². The van der Waals surface area contributed by atoms with Crippen molar-refractivity contribution in [1.82, 2.24) is 4.90 Å². The molecule has 0 unspecified atom stereocenters. The van der Waals surface area contributed by atoms with E-state index in [1.807, 2.05) is 36.1 Å². The second kappa shape index (κ2) is 6.60. The van der Waals surface area contributed by atoms with E-state index in [4.69, 9.17) is 4.42 Å². The van der Waals surface area contributed by atoms with Gasteiger partial charge < -0.3 is 19.3 Å². The minimum atomic E-state index is 0.00408. The van der Waals surface area contributed by atoms with Crippen LogP contribution in [0.4, 0.5) is 5.69 Å². The van der Waals surface area contributed by atoms with Crippen molar-refractivity contribution in [1.29, 1.82) is 0 Å². The zero-order valence-electron chi connectivity index (χ0n) is 13.1. The predicted octanol–water partition coefficient (Wildman–Crippen LogP) is 2.66. The molecule has 0 spiro atoms. The van der Waals surface area contributed by atoms with Gasteiger partial charge in [0.1, 0.15) is 17.3 Å². The average molecular weight is 312 g/mol. The number of nitrogens with zero attached hydrogens (tertiary/aromatic N) is 2. The van der Waals surface area contributed by atoms with Gasteiger partial charge >= 0.3 is 0 Å². The Morgan fingerprint density at radius 1 is 1.09 bits per heavy atom. The lowest BCUT2D eigenvalue weighted by atomic mass is 10.2. The van der Waals surface area contributed by atoms with E-state index in [1.54, 1.807) is 24.3 Å². The van der Waals surface area contributed by atoms with E-state index >= 15 is 0 Å². The summed E-state index contributed by atoms with van der Waals surface area (Å²) in [6, 6.07) is 10.9. The van der Waals surface area contributed by atoms with Crippen molar-refractivity contribution in [2.75, 3.05) is 31.1 Å². The van der Waals surface area contributed by atoms with Crippen LogP contribution in [0.2, 0.25) is 0 Å². The molecule has 1 saturated heterocycles. The standard InChI is InChI=1S/C18H20N2O3/c1-14-2-7-17(23-14)8-9-18(22)20-12-10-19(11-13-20)15-3-5-16(21)6-4-15/h2-9,21H,10-13H2,1H3/b9-8+. The molecule has 1 aliphatic rings. The quantitative estimate of drug-likeness (QED) is 0.885. The number of phenolic OH excluding ortho intramolecular Hbond substituents is 1. The van der Waals surface area contributed by atoms with Crippen molar-refractivity contribution in [2.24, 2.45) is 0 Å². The highest BCUT2D eigenvalue weighted by molar-refractivity contribution is 5.91. The molecule has 23 heavy (non-hydrogen) atoms. The first kappa shape index (κ1) is 15.2. The maximum absolute atomic E-state index is 12.2. The highest BCUT2D eigenvalue weighted by Crippen LogP contribution is 2.20. The van der Waals surface area contributed by atoms with Crippen LogP contribution in [0.1, 0.15) is 11.5 Å². The molecule has 0 aliphatic carbocycles. The van der Waals surface area contributed by atoms with Crippen LogP contribution in [0.25, 0.3) is 6.08 Å². The largest absolute Gasteiger partial charge is 0.508 e. The minimum absolute atomic E-state index is 0.00408. The second-order valence-corrected chi connectivity index (χ2v) is 5.61. The first-order valence-electron chi connectivity index (χ1n) is 7.69. The summed E-state index contributed by atoms with van der Waals surface area (Å²) in [4.78, 5) is 16.3. The maximum atomic E-state index is 12.2.